The SMILES string of the molecule is CC(C)C(C(=O)NCC1CNCC1O)N1C(=O)c2ccccc2C1=O.Cl. The van der Waals surface area contributed by atoms with Gasteiger partial charge in [0.15, 0.2) is 0 Å². The van der Waals surface area contributed by atoms with Crippen LogP contribution in [0.2, 0.25) is 0 Å². The summed E-state index contributed by atoms with van der Waals surface area (Å²) in [4.78, 5) is 39.1. The Balaban J connectivity index is 0.00000243. The zero-order valence-corrected chi connectivity index (χ0v) is 15.6. The average Bonchev–Trinajstić information content (AvgIpc) is 3.10. The molecule has 0 aromatic heterocycles. The number of halogens is 1. The maximum Gasteiger partial charge on any atom is 0.262 e. The molecule has 2 heterocycles. The smallest absolute Gasteiger partial charge is 0.262 e. The third-order valence-corrected chi connectivity index (χ3v) is 4.85. The summed E-state index contributed by atoms with van der Waals surface area (Å²) in [7, 11) is 0. The van der Waals surface area contributed by atoms with Gasteiger partial charge in [0.1, 0.15) is 6.04 Å². The molecule has 8 heteroatoms. The van der Waals surface area contributed by atoms with Crippen LogP contribution in [-0.2, 0) is 4.79 Å². The first-order valence-electron chi connectivity index (χ1n) is 8.55. The van der Waals surface area contributed by atoms with Gasteiger partial charge in [-0.05, 0) is 18.1 Å². The predicted octanol–water partition coefficient (Wildman–Crippen LogP) is 0.426. The van der Waals surface area contributed by atoms with Crippen molar-refractivity contribution in [1.29, 1.82) is 0 Å². The van der Waals surface area contributed by atoms with Gasteiger partial charge in [-0.1, -0.05) is 26.0 Å². The van der Waals surface area contributed by atoms with Gasteiger partial charge >= 0.3 is 0 Å². The Morgan fingerprint density at radius 1 is 1.23 bits per heavy atom. The largest absolute Gasteiger partial charge is 0.391 e. The van der Waals surface area contributed by atoms with Crippen molar-refractivity contribution in [2.45, 2.75) is 26.0 Å². The van der Waals surface area contributed by atoms with Crippen LogP contribution >= 0.6 is 12.4 Å². The molecule has 1 aromatic carbocycles. The van der Waals surface area contributed by atoms with Crippen LogP contribution in [0.25, 0.3) is 0 Å². The lowest BCUT2D eigenvalue weighted by Crippen LogP contribution is -2.53. The number of hydrogen-bond donors (Lipinski definition) is 3. The molecule has 2 aliphatic heterocycles. The molecule has 1 fully saturated rings. The molecule has 7 nitrogen and oxygen atoms in total. The normalized spacial score (nSPS) is 23.0. The monoisotopic (exact) mass is 381 g/mol. The van der Waals surface area contributed by atoms with Crippen molar-refractivity contribution in [1.82, 2.24) is 15.5 Å². The summed E-state index contributed by atoms with van der Waals surface area (Å²) in [5.41, 5.74) is 0.669. The lowest BCUT2D eigenvalue weighted by molar-refractivity contribution is -0.126. The van der Waals surface area contributed by atoms with Gasteiger partial charge in [-0.25, -0.2) is 0 Å². The standard InChI is InChI=1S/C18H23N3O4.ClH/c1-10(2)15(16(23)20-8-11-7-19-9-14(11)22)21-17(24)12-5-3-4-6-13(12)18(21)25;/h3-6,10-11,14-15,19,22H,7-9H2,1-2H3,(H,20,23);1H. The number of carbonyl (C=O) groups is 3. The van der Waals surface area contributed by atoms with Crippen LogP contribution in [-0.4, -0.2) is 59.5 Å². The molecule has 0 bridgehead atoms. The van der Waals surface area contributed by atoms with Gasteiger partial charge in [0.05, 0.1) is 17.2 Å². The zero-order chi connectivity index (χ0) is 18.1. The van der Waals surface area contributed by atoms with Crippen LogP contribution in [0.5, 0.6) is 0 Å². The number of imide groups is 1. The number of benzene rings is 1. The number of amides is 3. The second-order valence-corrected chi connectivity index (χ2v) is 6.95. The molecule has 3 N–H and O–H groups in total. The highest BCUT2D eigenvalue weighted by atomic mass is 35.5. The van der Waals surface area contributed by atoms with E-state index in [0.717, 1.165) is 4.90 Å². The first kappa shape index (κ1) is 20.4. The van der Waals surface area contributed by atoms with E-state index >= 15 is 0 Å². The van der Waals surface area contributed by atoms with E-state index in [1.165, 1.54) is 0 Å². The molecule has 2 aliphatic rings. The molecule has 142 valence electrons. The van der Waals surface area contributed by atoms with E-state index < -0.39 is 24.0 Å². The molecular formula is C18H24ClN3O4. The Labute approximate surface area is 158 Å². The molecule has 3 amide bonds. The minimum Gasteiger partial charge on any atom is -0.391 e. The molecular weight excluding hydrogens is 358 g/mol. The number of rotatable bonds is 5. The van der Waals surface area contributed by atoms with Crippen LogP contribution in [0.4, 0.5) is 0 Å². The number of fused-ring (bicyclic) bond motifs is 1. The van der Waals surface area contributed by atoms with E-state index in [0.29, 0.717) is 30.8 Å². The lowest BCUT2D eigenvalue weighted by Gasteiger charge is -2.29. The average molecular weight is 382 g/mol. The van der Waals surface area contributed by atoms with Crippen molar-refractivity contribution >= 4 is 30.1 Å². The Morgan fingerprint density at radius 2 is 1.81 bits per heavy atom. The summed E-state index contributed by atoms with van der Waals surface area (Å²) in [6, 6.07) is 5.73. The minimum absolute atomic E-state index is 0. The van der Waals surface area contributed by atoms with Gasteiger partial charge in [-0.3, -0.25) is 19.3 Å². The predicted molar refractivity (Wildman–Crippen MR) is 98.2 cm³/mol. The van der Waals surface area contributed by atoms with Crippen LogP contribution in [0.1, 0.15) is 34.6 Å². The van der Waals surface area contributed by atoms with Gasteiger partial charge < -0.3 is 15.7 Å². The first-order valence-corrected chi connectivity index (χ1v) is 8.55. The fourth-order valence-corrected chi connectivity index (χ4v) is 3.44. The van der Waals surface area contributed by atoms with Crippen molar-refractivity contribution in [3.05, 3.63) is 35.4 Å². The summed E-state index contributed by atoms with van der Waals surface area (Å²) < 4.78 is 0. The van der Waals surface area contributed by atoms with Gasteiger partial charge in [-0.2, -0.15) is 0 Å². The quantitative estimate of drug-likeness (QED) is 0.642. The number of aliphatic hydroxyl groups is 1. The molecule has 3 atom stereocenters. The Morgan fingerprint density at radius 3 is 2.27 bits per heavy atom. The summed E-state index contributed by atoms with van der Waals surface area (Å²) in [6.45, 7) is 5.05. The number of nitrogens with one attached hydrogen (secondary N) is 2. The van der Waals surface area contributed by atoms with E-state index in [1.807, 2.05) is 0 Å². The summed E-state index contributed by atoms with van der Waals surface area (Å²) >= 11 is 0. The highest BCUT2D eigenvalue weighted by molar-refractivity contribution is 6.22. The van der Waals surface area contributed by atoms with Crippen molar-refractivity contribution in [2.75, 3.05) is 19.6 Å². The van der Waals surface area contributed by atoms with Crippen molar-refractivity contribution in [3.63, 3.8) is 0 Å². The van der Waals surface area contributed by atoms with Crippen molar-refractivity contribution in [2.24, 2.45) is 11.8 Å². The molecule has 0 radical (unpaired) electrons. The van der Waals surface area contributed by atoms with E-state index in [1.54, 1.807) is 38.1 Å². The fraction of sp³-hybridized carbons (Fsp3) is 0.500. The molecule has 26 heavy (non-hydrogen) atoms. The van der Waals surface area contributed by atoms with Gasteiger partial charge in [0.2, 0.25) is 5.91 Å². The Kier molecular flexibility index (Phi) is 6.39. The van der Waals surface area contributed by atoms with Gasteiger partial charge in [0.25, 0.3) is 11.8 Å². The van der Waals surface area contributed by atoms with E-state index in [2.05, 4.69) is 10.6 Å². The molecule has 3 unspecified atom stereocenters. The van der Waals surface area contributed by atoms with Crippen LogP contribution in [0.15, 0.2) is 24.3 Å². The maximum atomic E-state index is 12.7. The topological polar surface area (TPSA) is 98.7 Å². The maximum absolute atomic E-state index is 12.7. The second kappa shape index (κ2) is 8.16. The van der Waals surface area contributed by atoms with E-state index in [4.69, 9.17) is 0 Å². The van der Waals surface area contributed by atoms with Crippen LogP contribution in [0.3, 0.4) is 0 Å². The number of hydrogen-bond acceptors (Lipinski definition) is 5. The van der Waals surface area contributed by atoms with Crippen molar-refractivity contribution in [3.8, 4) is 0 Å². The summed E-state index contributed by atoms with van der Waals surface area (Å²) in [5, 5.41) is 15.7. The molecule has 0 spiro atoms. The summed E-state index contributed by atoms with van der Waals surface area (Å²) in [5.74, 6) is -1.54. The van der Waals surface area contributed by atoms with Crippen LogP contribution in [0, 0.1) is 11.8 Å². The number of β-amino-alcohol motifs (C(OH)–C–C–N with tert-alkyl or cyclic N) is 1. The first-order chi connectivity index (χ1) is 11.9. The molecule has 0 aliphatic carbocycles. The lowest BCUT2D eigenvalue weighted by atomic mass is 10.0. The summed E-state index contributed by atoms with van der Waals surface area (Å²) in [6.07, 6.45) is -0.503. The molecule has 3 rings (SSSR count). The molecule has 0 saturated carbocycles. The highest BCUT2D eigenvalue weighted by Crippen LogP contribution is 2.27. The highest BCUT2D eigenvalue weighted by Gasteiger charge is 2.44. The Hall–Kier alpha value is -1.96. The minimum atomic E-state index is -0.876. The van der Waals surface area contributed by atoms with Gasteiger partial charge in [0, 0.05) is 25.6 Å². The van der Waals surface area contributed by atoms with E-state index in [9.17, 15) is 19.5 Å². The third kappa shape index (κ3) is 3.60. The van der Waals surface area contributed by atoms with Crippen LogP contribution < -0.4 is 10.6 Å². The van der Waals surface area contributed by atoms with E-state index in [-0.39, 0.29) is 30.2 Å². The second-order valence-electron chi connectivity index (χ2n) is 6.95. The number of nitrogens with zero attached hydrogens (tertiary/aromatic N) is 1. The number of carbonyl (C=O) groups excluding carboxylic acids is 3. The van der Waals surface area contributed by atoms with Gasteiger partial charge in [-0.15, -0.1) is 12.4 Å². The zero-order valence-electron chi connectivity index (χ0n) is 14.8. The number of aliphatic hydroxyl groups excluding tert-OH is 1. The fourth-order valence-electron chi connectivity index (χ4n) is 3.44. The third-order valence-electron chi connectivity index (χ3n) is 4.85. The molecule has 1 aromatic rings. The Bertz CT molecular complexity index is 674. The molecule has 1 saturated heterocycles. The van der Waals surface area contributed by atoms with Crippen molar-refractivity contribution < 1.29 is 19.5 Å².